The summed E-state index contributed by atoms with van der Waals surface area (Å²) in [6, 6.07) is 4.03. The largest absolute Gasteiger partial charge is 0.355 e. The predicted octanol–water partition coefficient (Wildman–Crippen LogP) is 3.47. The molecule has 0 radical (unpaired) electrons. The highest BCUT2D eigenvalue weighted by Gasteiger charge is 2.23. The Kier molecular flexibility index (Phi) is 3.62. The maximum atomic E-state index is 4.43. The zero-order chi connectivity index (χ0) is 10.7. The van der Waals surface area contributed by atoms with Crippen molar-refractivity contribution in [2.24, 2.45) is 5.92 Å². The third-order valence-corrected chi connectivity index (χ3v) is 3.64. The summed E-state index contributed by atoms with van der Waals surface area (Å²) < 4.78 is 1.11. The first-order valence-electron chi connectivity index (χ1n) is 5.66. The van der Waals surface area contributed by atoms with Crippen molar-refractivity contribution >= 4 is 21.7 Å². The van der Waals surface area contributed by atoms with Gasteiger partial charge in [0, 0.05) is 19.3 Å². The Hall–Kier alpha value is -0.570. The van der Waals surface area contributed by atoms with Crippen molar-refractivity contribution < 1.29 is 0 Å². The number of halogens is 1. The highest BCUT2D eigenvalue weighted by Crippen LogP contribution is 2.29. The molecule has 1 aromatic heterocycles. The molecule has 0 saturated carbocycles. The molecule has 82 valence electrons. The molecule has 15 heavy (non-hydrogen) atoms. The van der Waals surface area contributed by atoms with Gasteiger partial charge in [-0.3, -0.25) is 0 Å². The van der Waals surface area contributed by atoms with E-state index in [4.69, 9.17) is 0 Å². The summed E-state index contributed by atoms with van der Waals surface area (Å²) >= 11 is 3.56. The fourth-order valence-electron chi connectivity index (χ4n) is 2.28. The van der Waals surface area contributed by atoms with Gasteiger partial charge >= 0.3 is 0 Å². The predicted molar refractivity (Wildman–Crippen MR) is 67.2 cm³/mol. The van der Waals surface area contributed by atoms with Crippen LogP contribution in [0, 0.1) is 5.92 Å². The number of aromatic nitrogens is 1. The van der Waals surface area contributed by atoms with Crippen molar-refractivity contribution in [2.45, 2.75) is 26.2 Å². The summed E-state index contributed by atoms with van der Waals surface area (Å²) in [5, 5.41) is 0. The molecular formula is C12H17BrN2. The van der Waals surface area contributed by atoms with E-state index in [-0.39, 0.29) is 0 Å². The molecule has 3 heteroatoms. The maximum Gasteiger partial charge on any atom is 0.142 e. The Balaban J connectivity index is 2.04. The van der Waals surface area contributed by atoms with Crippen molar-refractivity contribution in [3.63, 3.8) is 0 Å². The van der Waals surface area contributed by atoms with Gasteiger partial charge in [-0.15, -0.1) is 0 Å². The third-order valence-electron chi connectivity index (χ3n) is 3.02. The van der Waals surface area contributed by atoms with Crippen LogP contribution in [0.25, 0.3) is 0 Å². The molecule has 1 fully saturated rings. The fourth-order valence-corrected chi connectivity index (χ4v) is 2.78. The van der Waals surface area contributed by atoms with Crippen LogP contribution in [0.1, 0.15) is 26.2 Å². The van der Waals surface area contributed by atoms with E-state index in [2.05, 4.69) is 38.8 Å². The standard InChI is InChI=1S/C12H17BrN2/c1-2-4-10-6-8-15(9-10)12-11(13)5-3-7-14-12/h3,5,7,10H,2,4,6,8-9H2,1H3. The van der Waals surface area contributed by atoms with Crippen LogP contribution in [0.4, 0.5) is 5.82 Å². The van der Waals surface area contributed by atoms with Crippen LogP contribution in [-0.2, 0) is 0 Å². The lowest BCUT2D eigenvalue weighted by molar-refractivity contribution is 0.529. The van der Waals surface area contributed by atoms with E-state index in [0.717, 1.165) is 22.8 Å². The minimum absolute atomic E-state index is 0.865. The lowest BCUT2D eigenvalue weighted by atomic mass is 10.0. The van der Waals surface area contributed by atoms with E-state index in [1.165, 1.54) is 25.8 Å². The lowest BCUT2D eigenvalue weighted by Gasteiger charge is -2.18. The van der Waals surface area contributed by atoms with Gasteiger partial charge in [0.05, 0.1) is 4.47 Å². The average molecular weight is 269 g/mol. The van der Waals surface area contributed by atoms with Gasteiger partial charge in [-0.1, -0.05) is 13.3 Å². The Morgan fingerprint density at radius 2 is 2.47 bits per heavy atom. The van der Waals surface area contributed by atoms with Gasteiger partial charge in [-0.05, 0) is 46.8 Å². The Morgan fingerprint density at radius 1 is 1.60 bits per heavy atom. The summed E-state index contributed by atoms with van der Waals surface area (Å²) in [6.07, 6.45) is 5.83. The van der Waals surface area contributed by atoms with Crippen LogP contribution in [0.5, 0.6) is 0 Å². The molecule has 2 heterocycles. The molecule has 2 nitrogen and oxygen atoms in total. The quantitative estimate of drug-likeness (QED) is 0.835. The van der Waals surface area contributed by atoms with E-state index in [0.29, 0.717) is 0 Å². The Bertz CT molecular complexity index is 327. The van der Waals surface area contributed by atoms with Gasteiger partial charge in [0.2, 0.25) is 0 Å². The molecule has 1 saturated heterocycles. The molecule has 0 aliphatic carbocycles. The molecule has 1 aliphatic heterocycles. The normalized spacial score (nSPS) is 20.9. The monoisotopic (exact) mass is 268 g/mol. The van der Waals surface area contributed by atoms with Crippen LogP contribution < -0.4 is 4.90 Å². The minimum Gasteiger partial charge on any atom is -0.355 e. The number of nitrogens with zero attached hydrogens (tertiary/aromatic N) is 2. The highest BCUT2D eigenvalue weighted by molar-refractivity contribution is 9.10. The van der Waals surface area contributed by atoms with E-state index in [1.807, 2.05) is 12.3 Å². The van der Waals surface area contributed by atoms with Gasteiger partial charge in [-0.25, -0.2) is 4.98 Å². The summed E-state index contributed by atoms with van der Waals surface area (Å²) in [5.41, 5.74) is 0. The molecule has 2 rings (SSSR count). The topological polar surface area (TPSA) is 16.1 Å². The second-order valence-electron chi connectivity index (χ2n) is 4.20. The molecule has 0 aromatic carbocycles. The molecule has 1 aromatic rings. The van der Waals surface area contributed by atoms with Crippen LogP contribution >= 0.6 is 15.9 Å². The van der Waals surface area contributed by atoms with Crippen molar-refractivity contribution in [3.05, 3.63) is 22.8 Å². The van der Waals surface area contributed by atoms with Crippen molar-refractivity contribution in [1.82, 2.24) is 4.98 Å². The van der Waals surface area contributed by atoms with Gasteiger partial charge in [0.1, 0.15) is 5.82 Å². The third kappa shape index (κ3) is 2.51. The first-order chi connectivity index (χ1) is 7.31. The van der Waals surface area contributed by atoms with E-state index >= 15 is 0 Å². The van der Waals surface area contributed by atoms with Crippen LogP contribution in [0.2, 0.25) is 0 Å². The van der Waals surface area contributed by atoms with Gasteiger partial charge in [0.15, 0.2) is 0 Å². The summed E-state index contributed by atoms with van der Waals surface area (Å²) in [7, 11) is 0. The number of rotatable bonds is 3. The second-order valence-corrected chi connectivity index (χ2v) is 5.05. The molecule has 0 spiro atoms. The first-order valence-corrected chi connectivity index (χ1v) is 6.46. The smallest absolute Gasteiger partial charge is 0.142 e. The van der Waals surface area contributed by atoms with Crippen molar-refractivity contribution in [3.8, 4) is 0 Å². The van der Waals surface area contributed by atoms with Crippen LogP contribution in [0.15, 0.2) is 22.8 Å². The zero-order valence-corrected chi connectivity index (χ0v) is 10.7. The van der Waals surface area contributed by atoms with Crippen molar-refractivity contribution in [2.75, 3.05) is 18.0 Å². The molecule has 1 atom stereocenters. The summed E-state index contributed by atoms with van der Waals surface area (Å²) in [4.78, 5) is 6.83. The SMILES string of the molecule is CCCC1CCN(c2ncccc2Br)C1. The van der Waals surface area contributed by atoms with E-state index in [9.17, 15) is 0 Å². The number of hydrogen-bond acceptors (Lipinski definition) is 2. The highest BCUT2D eigenvalue weighted by atomic mass is 79.9. The van der Waals surface area contributed by atoms with Gasteiger partial charge < -0.3 is 4.90 Å². The summed E-state index contributed by atoms with van der Waals surface area (Å²) in [5.74, 6) is 1.97. The molecule has 0 amide bonds. The summed E-state index contributed by atoms with van der Waals surface area (Å²) in [6.45, 7) is 4.59. The zero-order valence-electron chi connectivity index (χ0n) is 9.12. The van der Waals surface area contributed by atoms with Crippen molar-refractivity contribution in [1.29, 1.82) is 0 Å². The average Bonchev–Trinajstić information content (AvgIpc) is 2.68. The number of anilines is 1. The van der Waals surface area contributed by atoms with E-state index in [1.54, 1.807) is 0 Å². The van der Waals surface area contributed by atoms with E-state index < -0.39 is 0 Å². The minimum atomic E-state index is 0.865. The lowest BCUT2D eigenvalue weighted by Crippen LogP contribution is -2.21. The molecule has 1 aliphatic rings. The van der Waals surface area contributed by atoms with Gasteiger partial charge in [0.25, 0.3) is 0 Å². The van der Waals surface area contributed by atoms with Gasteiger partial charge in [-0.2, -0.15) is 0 Å². The first kappa shape index (κ1) is 10.9. The molecular weight excluding hydrogens is 252 g/mol. The fraction of sp³-hybridized carbons (Fsp3) is 0.583. The maximum absolute atomic E-state index is 4.43. The Morgan fingerprint density at radius 3 is 3.20 bits per heavy atom. The molecule has 1 unspecified atom stereocenters. The second kappa shape index (κ2) is 4.97. The molecule has 0 N–H and O–H groups in total. The van der Waals surface area contributed by atoms with Crippen LogP contribution in [0.3, 0.4) is 0 Å². The Labute approximate surface area is 99.8 Å². The number of pyridine rings is 1. The molecule has 0 bridgehead atoms. The number of hydrogen-bond donors (Lipinski definition) is 0. The van der Waals surface area contributed by atoms with Crippen LogP contribution in [-0.4, -0.2) is 18.1 Å².